The van der Waals surface area contributed by atoms with Gasteiger partial charge < -0.3 is 14.6 Å². The molecule has 102 valence electrons. The lowest BCUT2D eigenvalue weighted by Crippen LogP contribution is -2.27. The molecule has 0 bridgehead atoms. The van der Waals surface area contributed by atoms with Crippen LogP contribution in [0.15, 0.2) is 24.4 Å². The first-order chi connectivity index (χ1) is 9.08. The van der Waals surface area contributed by atoms with E-state index in [0.29, 0.717) is 0 Å². The molecule has 2 aromatic rings. The second-order valence-electron chi connectivity index (χ2n) is 4.85. The first-order valence-corrected chi connectivity index (χ1v) is 6.44. The average Bonchev–Trinajstić information content (AvgIpc) is 2.82. The summed E-state index contributed by atoms with van der Waals surface area (Å²) < 4.78 is 5.26. The Bertz CT molecular complexity index is 587. The number of aromatic amines is 1. The van der Waals surface area contributed by atoms with Crippen LogP contribution in [0.1, 0.15) is 24.8 Å². The molecule has 4 heteroatoms. The second-order valence-corrected chi connectivity index (χ2v) is 4.85. The summed E-state index contributed by atoms with van der Waals surface area (Å²) in [6.07, 6.45) is 2.71. The van der Waals surface area contributed by atoms with Crippen molar-refractivity contribution >= 4 is 16.8 Å². The van der Waals surface area contributed by atoms with Gasteiger partial charge in [0.1, 0.15) is 5.75 Å². The maximum atomic E-state index is 12.3. The van der Waals surface area contributed by atoms with Crippen LogP contribution >= 0.6 is 0 Å². The first-order valence-electron chi connectivity index (χ1n) is 6.44. The highest BCUT2D eigenvalue weighted by atomic mass is 16.5. The summed E-state index contributed by atoms with van der Waals surface area (Å²) in [4.78, 5) is 17.1. The predicted molar refractivity (Wildman–Crippen MR) is 76.6 cm³/mol. The van der Waals surface area contributed by atoms with E-state index in [4.69, 9.17) is 4.74 Å². The van der Waals surface area contributed by atoms with Crippen molar-refractivity contribution < 1.29 is 9.53 Å². The monoisotopic (exact) mass is 260 g/mol. The lowest BCUT2D eigenvalue weighted by atomic mass is 9.94. The van der Waals surface area contributed by atoms with Crippen LogP contribution in [0.2, 0.25) is 0 Å². The van der Waals surface area contributed by atoms with E-state index in [1.807, 2.05) is 31.3 Å². The van der Waals surface area contributed by atoms with Crippen molar-refractivity contribution in [3.8, 4) is 5.75 Å². The fraction of sp³-hybridized carbons (Fsp3) is 0.400. The Hall–Kier alpha value is -1.97. The minimum atomic E-state index is -0.115. The maximum absolute atomic E-state index is 12.3. The summed E-state index contributed by atoms with van der Waals surface area (Å²) in [6, 6.07) is 5.87. The van der Waals surface area contributed by atoms with Gasteiger partial charge >= 0.3 is 0 Å². The Kier molecular flexibility index (Phi) is 3.79. The molecule has 0 aliphatic carbocycles. The molecule has 1 atom stereocenters. The highest BCUT2D eigenvalue weighted by Gasteiger charge is 2.23. The quantitative estimate of drug-likeness (QED) is 0.918. The van der Waals surface area contributed by atoms with Crippen LogP contribution < -0.4 is 4.74 Å². The van der Waals surface area contributed by atoms with Crippen molar-refractivity contribution in [2.24, 2.45) is 0 Å². The van der Waals surface area contributed by atoms with Crippen LogP contribution in [0.25, 0.3) is 10.9 Å². The van der Waals surface area contributed by atoms with Crippen LogP contribution in [0.3, 0.4) is 0 Å². The molecule has 0 saturated carbocycles. The standard InChI is InChI=1S/C15H20N2O2/c1-5-11(15(18)17(2)3)13-9-16-14-7-6-10(19-4)8-12(13)14/h6-9,11,16H,5H2,1-4H3. The topological polar surface area (TPSA) is 45.3 Å². The van der Waals surface area contributed by atoms with Gasteiger partial charge in [-0.05, 0) is 30.2 Å². The number of benzene rings is 1. The van der Waals surface area contributed by atoms with Gasteiger partial charge in [0.05, 0.1) is 13.0 Å². The molecule has 4 nitrogen and oxygen atoms in total. The highest BCUT2D eigenvalue weighted by Crippen LogP contribution is 2.31. The van der Waals surface area contributed by atoms with Crippen molar-refractivity contribution in [2.45, 2.75) is 19.3 Å². The SMILES string of the molecule is CCC(C(=O)N(C)C)c1c[nH]c2ccc(OC)cc12. The maximum Gasteiger partial charge on any atom is 0.229 e. The molecule has 0 fully saturated rings. The first kappa shape index (κ1) is 13.5. The third-order valence-electron chi connectivity index (χ3n) is 3.44. The molecule has 1 aromatic carbocycles. The number of fused-ring (bicyclic) bond motifs is 1. The number of amides is 1. The zero-order valence-corrected chi connectivity index (χ0v) is 11.9. The summed E-state index contributed by atoms with van der Waals surface area (Å²) in [6.45, 7) is 2.03. The van der Waals surface area contributed by atoms with Crippen LogP contribution in [0.4, 0.5) is 0 Å². The number of rotatable bonds is 4. The van der Waals surface area contributed by atoms with Crippen LogP contribution in [-0.4, -0.2) is 37.0 Å². The van der Waals surface area contributed by atoms with E-state index in [9.17, 15) is 4.79 Å². The van der Waals surface area contributed by atoms with Crippen molar-refractivity contribution in [1.29, 1.82) is 0 Å². The third-order valence-corrected chi connectivity index (χ3v) is 3.44. The molecule has 19 heavy (non-hydrogen) atoms. The smallest absolute Gasteiger partial charge is 0.229 e. The van der Waals surface area contributed by atoms with Crippen LogP contribution in [0.5, 0.6) is 5.75 Å². The van der Waals surface area contributed by atoms with Crippen LogP contribution in [-0.2, 0) is 4.79 Å². The summed E-state index contributed by atoms with van der Waals surface area (Å²) in [7, 11) is 5.23. The normalized spacial score (nSPS) is 12.4. The molecule has 1 aromatic heterocycles. The van der Waals surface area contributed by atoms with E-state index in [1.54, 1.807) is 26.1 Å². The molecular formula is C15H20N2O2. The number of carbonyl (C=O) groups excluding carboxylic acids is 1. The van der Waals surface area contributed by atoms with Gasteiger partial charge in [0.2, 0.25) is 5.91 Å². The second kappa shape index (κ2) is 5.34. The van der Waals surface area contributed by atoms with Crippen molar-refractivity contribution in [3.63, 3.8) is 0 Å². The minimum absolute atomic E-state index is 0.115. The summed E-state index contributed by atoms with van der Waals surface area (Å²) in [5.74, 6) is 0.822. The third kappa shape index (κ3) is 2.43. The predicted octanol–water partition coefficient (Wildman–Crippen LogP) is 2.76. The summed E-state index contributed by atoms with van der Waals surface area (Å²) >= 11 is 0. The van der Waals surface area contributed by atoms with E-state index in [0.717, 1.165) is 28.6 Å². The molecule has 0 aliphatic heterocycles. The van der Waals surface area contributed by atoms with Crippen molar-refractivity contribution in [1.82, 2.24) is 9.88 Å². The molecule has 0 spiro atoms. The number of H-pyrrole nitrogens is 1. The van der Waals surface area contributed by atoms with E-state index in [1.165, 1.54) is 0 Å². The largest absolute Gasteiger partial charge is 0.497 e. The zero-order chi connectivity index (χ0) is 14.0. The van der Waals surface area contributed by atoms with Gasteiger partial charge in [0, 0.05) is 31.2 Å². The Morgan fingerprint density at radius 3 is 2.74 bits per heavy atom. The van der Waals surface area contributed by atoms with Crippen molar-refractivity contribution in [3.05, 3.63) is 30.0 Å². The molecule has 1 heterocycles. The molecule has 2 rings (SSSR count). The lowest BCUT2D eigenvalue weighted by Gasteiger charge is -2.19. The number of hydrogen-bond donors (Lipinski definition) is 1. The van der Waals surface area contributed by atoms with E-state index in [2.05, 4.69) is 4.98 Å². The lowest BCUT2D eigenvalue weighted by molar-refractivity contribution is -0.130. The van der Waals surface area contributed by atoms with Gasteiger partial charge in [0.15, 0.2) is 0 Å². The number of nitrogens with zero attached hydrogens (tertiary/aromatic N) is 1. The van der Waals surface area contributed by atoms with E-state index >= 15 is 0 Å². The average molecular weight is 260 g/mol. The Morgan fingerprint density at radius 2 is 2.16 bits per heavy atom. The van der Waals surface area contributed by atoms with Gasteiger partial charge in [-0.15, -0.1) is 0 Å². The molecule has 0 aliphatic rings. The Balaban J connectivity index is 2.51. The van der Waals surface area contributed by atoms with Gasteiger partial charge in [-0.3, -0.25) is 4.79 Å². The summed E-state index contributed by atoms with van der Waals surface area (Å²) in [5, 5.41) is 1.06. The van der Waals surface area contributed by atoms with Crippen molar-refractivity contribution in [2.75, 3.05) is 21.2 Å². The number of nitrogens with one attached hydrogen (secondary N) is 1. The Labute approximate surface area is 113 Å². The number of hydrogen-bond acceptors (Lipinski definition) is 2. The molecule has 1 amide bonds. The molecular weight excluding hydrogens is 240 g/mol. The number of aromatic nitrogens is 1. The minimum Gasteiger partial charge on any atom is -0.497 e. The number of carbonyl (C=O) groups is 1. The zero-order valence-electron chi connectivity index (χ0n) is 11.9. The van der Waals surface area contributed by atoms with E-state index in [-0.39, 0.29) is 11.8 Å². The molecule has 0 radical (unpaired) electrons. The van der Waals surface area contributed by atoms with Gasteiger partial charge in [-0.2, -0.15) is 0 Å². The fourth-order valence-electron chi connectivity index (χ4n) is 2.38. The highest BCUT2D eigenvalue weighted by molar-refractivity contribution is 5.92. The number of methoxy groups -OCH3 is 1. The van der Waals surface area contributed by atoms with Gasteiger partial charge in [-0.1, -0.05) is 6.92 Å². The number of likely N-dealkylation sites (N-methyl/N-ethyl adjacent to an activating group) is 1. The molecule has 1 N–H and O–H groups in total. The molecule has 0 saturated heterocycles. The Morgan fingerprint density at radius 1 is 1.42 bits per heavy atom. The van der Waals surface area contributed by atoms with Crippen LogP contribution in [0, 0.1) is 0 Å². The van der Waals surface area contributed by atoms with Gasteiger partial charge in [0.25, 0.3) is 0 Å². The van der Waals surface area contributed by atoms with Gasteiger partial charge in [-0.25, -0.2) is 0 Å². The summed E-state index contributed by atoms with van der Waals surface area (Å²) in [5.41, 5.74) is 2.07. The number of ether oxygens (including phenoxy) is 1. The molecule has 1 unspecified atom stereocenters. The fourth-order valence-corrected chi connectivity index (χ4v) is 2.38. The van der Waals surface area contributed by atoms with E-state index < -0.39 is 0 Å².